The lowest BCUT2D eigenvalue weighted by atomic mass is 9.99. The SMILES string of the molecule is FC(F)(F)c1cccnc1OCC1CCCN(Cc2nnc3n2CCC3)C1. The van der Waals surface area contributed by atoms with Crippen molar-refractivity contribution in [2.45, 2.75) is 44.9 Å². The topological polar surface area (TPSA) is 56.1 Å². The zero-order valence-corrected chi connectivity index (χ0v) is 15.0. The molecule has 2 aliphatic heterocycles. The fourth-order valence-corrected chi connectivity index (χ4v) is 3.88. The van der Waals surface area contributed by atoms with E-state index in [1.54, 1.807) is 0 Å². The second-order valence-electron chi connectivity index (χ2n) is 7.20. The van der Waals surface area contributed by atoms with E-state index in [-0.39, 0.29) is 18.4 Å². The van der Waals surface area contributed by atoms with Crippen LogP contribution in [0, 0.1) is 5.92 Å². The molecule has 0 aromatic carbocycles. The summed E-state index contributed by atoms with van der Waals surface area (Å²) in [5.41, 5.74) is -0.823. The van der Waals surface area contributed by atoms with Gasteiger partial charge in [-0.2, -0.15) is 13.2 Å². The van der Waals surface area contributed by atoms with Gasteiger partial charge < -0.3 is 9.30 Å². The van der Waals surface area contributed by atoms with Crippen LogP contribution in [0.1, 0.15) is 36.5 Å². The average Bonchev–Trinajstić information content (AvgIpc) is 3.25. The molecule has 4 rings (SSSR count). The second-order valence-corrected chi connectivity index (χ2v) is 7.20. The highest BCUT2D eigenvalue weighted by Gasteiger charge is 2.35. The maximum Gasteiger partial charge on any atom is 0.421 e. The number of rotatable bonds is 5. The molecule has 1 atom stereocenters. The van der Waals surface area contributed by atoms with E-state index < -0.39 is 11.7 Å². The number of ether oxygens (including phenoxy) is 1. The van der Waals surface area contributed by atoms with Crippen molar-refractivity contribution < 1.29 is 17.9 Å². The number of fused-ring (bicyclic) bond motifs is 1. The van der Waals surface area contributed by atoms with Crippen LogP contribution in [-0.2, 0) is 25.7 Å². The van der Waals surface area contributed by atoms with Crippen molar-refractivity contribution in [3.05, 3.63) is 35.5 Å². The monoisotopic (exact) mass is 381 g/mol. The minimum atomic E-state index is -4.46. The van der Waals surface area contributed by atoms with Crippen LogP contribution in [0.2, 0.25) is 0 Å². The lowest BCUT2D eigenvalue weighted by Gasteiger charge is -2.32. The van der Waals surface area contributed by atoms with Crippen LogP contribution in [-0.4, -0.2) is 44.3 Å². The first-order valence-corrected chi connectivity index (χ1v) is 9.29. The van der Waals surface area contributed by atoms with Crippen LogP contribution in [0.5, 0.6) is 5.88 Å². The molecule has 0 saturated carbocycles. The summed E-state index contributed by atoms with van der Waals surface area (Å²) < 4.78 is 46.8. The van der Waals surface area contributed by atoms with Crippen LogP contribution < -0.4 is 4.74 Å². The third-order valence-electron chi connectivity index (χ3n) is 5.19. The Bertz CT molecular complexity index is 792. The third kappa shape index (κ3) is 4.07. The van der Waals surface area contributed by atoms with Crippen LogP contribution in [0.3, 0.4) is 0 Å². The Labute approximate surface area is 155 Å². The molecule has 0 spiro atoms. The van der Waals surface area contributed by atoms with Gasteiger partial charge in [-0.25, -0.2) is 4.98 Å². The first-order chi connectivity index (χ1) is 13.0. The Balaban J connectivity index is 1.35. The van der Waals surface area contributed by atoms with Crippen molar-refractivity contribution in [2.75, 3.05) is 19.7 Å². The Morgan fingerprint density at radius 2 is 2.07 bits per heavy atom. The van der Waals surface area contributed by atoms with E-state index in [1.807, 2.05) is 0 Å². The van der Waals surface area contributed by atoms with Crippen molar-refractivity contribution in [3.63, 3.8) is 0 Å². The van der Waals surface area contributed by atoms with Gasteiger partial charge in [0.1, 0.15) is 17.2 Å². The zero-order chi connectivity index (χ0) is 18.9. The number of nitrogens with zero attached hydrogens (tertiary/aromatic N) is 5. The Kier molecular flexibility index (Phi) is 5.03. The molecular weight excluding hydrogens is 359 g/mol. The highest BCUT2D eigenvalue weighted by atomic mass is 19.4. The van der Waals surface area contributed by atoms with Gasteiger partial charge in [-0.05, 0) is 37.9 Å². The van der Waals surface area contributed by atoms with Gasteiger partial charge in [0.2, 0.25) is 5.88 Å². The molecule has 2 aromatic heterocycles. The van der Waals surface area contributed by atoms with E-state index in [1.165, 1.54) is 12.3 Å². The van der Waals surface area contributed by atoms with Gasteiger partial charge in [0, 0.05) is 31.6 Å². The van der Waals surface area contributed by atoms with E-state index in [9.17, 15) is 13.2 Å². The van der Waals surface area contributed by atoms with Crippen molar-refractivity contribution in [1.82, 2.24) is 24.6 Å². The summed E-state index contributed by atoms with van der Waals surface area (Å²) in [4.78, 5) is 6.06. The molecule has 0 N–H and O–H groups in total. The summed E-state index contributed by atoms with van der Waals surface area (Å²) in [6, 6.07) is 2.27. The predicted octanol–water partition coefficient (Wildman–Crippen LogP) is 2.93. The summed E-state index contributed by atoms with van der Waals surface area (Å²) >= 11 is 0. The quantitative estimate of drug-likeness (QED) is 0.797. The fraction of sp³-hybridized carbons (Fsp3) is 0.611. The lowest BCUT2D eigenvalue weighted by Crippen LogP contribution is -2.38. The van der Waals surface area contributed by atoms with Gasteiger partial charge >= 0.3 is 6.18 Å². The first kappa shape index (κ1) is 18.2. The van der Waals surface area contributed by atoms with Gasteiger partial charge in [-0.15, -0.1) is 10.2 Å². The van der Waals surface area contributed by atoms with Gasteiger partial charge in [0.15, 0.2) is 0 Å². The number of hydrogen-bond donors (Lipinski definition) is 0. The Hall–Kier alpha value is -2.16. The Morgan fingerprint density at radius 3 is 2.93 bits per heavy atom. The molecule has 0 radical (unpaired) electrons. The molecule has 146 valence electrons. The van der Waals surface area contributed by atoms with Crippen molar-refractivity contribution in [2.24, 2.45) is 5.92 Å². The van der Waals surface area contributed by atoms with Crippen LogP contribution in [0.4, 0.5) is 13.2 Å². The number of hydrogen-bond acceptors (Lipinski definition) is 5. The number of halogens is 3. The van der Waals surface area contributed by atoms with Crippen LogP contribution in [0.25, 0.3) is 0 Å². The molecule has 1 saturated heterocycles. The molecule has 2 aromatic rings. The predicted molar refractivity (Wildman–Crippen MR) is 91.1 cm³/mol. The minimum absolute atomic E-state index is 0.169. The van der Waals surface area contributed by atoms with Gasteiger partial charge in [0.05, 0.1) is 13.2 Å². The first-order valence-electron chi connectivity index (χ1n) is 9.29. The van der Waals surface area contributed by atoms with Gasteiger partial charge in [0.25, 0.3) is 0 Å². The minimum Gasteiger partial charge on any atom is -0.477 e. The number of aromatic nitrogens is 4. The Morgan fingerprint density at radius 1 is 1.19 bits per heavy atom. The largest absolute Gasteiger partial charge is 0.477 e. The summed E-state index contributed by atoms with van der Waals surface area (Å²) in [5.74, 6) is 1.87. The van der Waals surface area contributed by atoms with E-state index >= 15 is 0 Å². The molecule has 9 heteroatoms. The van der Waals surface area contributed by atoms with Crippen LogP contribution >= 0.6 is 0 Å². The smallest absolute Gasteiger partial charge is 0.421 e. The molecule has 2 aliphatic rings. The highest BCUT2D eigenvalue weighted by Crippen LogP contribution is 2.35. The number of alkyl halides is 3. The third-order valence-corrected chi connectivity index (χ3v) is 5.19. The highest BCUT2D eigenvalue weighted by molar-refractivity contribution is 5.28. The van der Waals surface area contributed by atoms with E-state index in [4.69, 9.17) is 4.74 Å². The van der Waals surface area contributed by atoms with Gasteiger partial charge in [-0.3, -0.25) is 4.90 Å². The molecule has 1 fully saturated rings. The van der Waals surface area contributed by atoms with Crippen molar-refractivity contribution in [3.8, 4) is 5.88 Å². The molecule has 1 unspecified atom stereocenters. The summed E-state index contributed by atoms with van der Waals surface area (Å²) in [6.45, 7) is 3.65. The molecule has 0 aliphatic carbocycles. The molecule has 27 heavy (non-hydrogen) atoms. The van der Waals surface area contributed by atoms with Gasteiger partial charge in [-0.1, -0.05) is 0 Å². The number of pyridine rings is 1. The van der Waals surface area contributed by atoms with Crippen molar-refractivity contribution >= 4 is 0 Å². The summed E-state index contributed by atoms with van der Waals surface area (Å²) in [7, 11) is 0. The molecule has 6 nitrogen and oxygen atoms in total. The lowest BCUT2D eigenvalue weighted by molar-refractivity contribution is -0.139. The van der Waals surface area contributed by atoms with E-state index in [2.05, 4.69) is 24.6 Å². The fourth-order valence-electron chi connectivity index (χ4n) is 3.88. The molecule has 0 bridgehead atoms. The van der Waals surface area contributed by atoms with E-state index in [0.29, 0.717) is 0 Å². The standard InChI is InChI=1S/C18H22F3N5O/c19-18(20,21)14-5-1-7-22-17(14)27-12-13-4-2-8-25(10-13)11-16-24-23-15-6-3-9-26(15)16/h1,5,7,13H,2-4,6,8-12H2. The maximum atomic E-state index is 13.1. The number of likely N-dealkylation sites (tertiary alicyclic amines) is 1. The number of aryl methyl sites for hydroxylation is 1. The molecule has 0 amide bonds. The molecule has 4 heterocycles. The second kappa shape index (κ2) is 7.46. The van der Waals surface area contributed by atoms with E-state index in [0.717, 1.165) is 69.6 Å². The summed E-state index contributed by atoms with van der Waals surface area (Å²) in [5, 5.41) is 8.53. The normalized spacial score (nSPS) is 20.6. The van der Waals surface area contributed by atoms with Crippen molar-refractivity contribution in [1.29, 1.82) is 0 Å². The molecular formula is C18H22F3N5O. The zero-order valence-electron chi connectivity index (χ0n) is 15.0. The average molecular weight is 381 g/mol. The number of piperidine rings is 1. The van der Waals surface area contributed by atoms with Crippen LogP contribution in [0.15, 0.2) is 18.3 Å². The maximum absolute atomic E-state index is 13.1. The summed E-state index contributed by atoms with van der Waals surface area (Å²) in [6.07, 6.45) is 0.876.